The minimum absolute atomic E-state index is 0.585. The van der Waals surface area contributed by atoms with Gasteiger partial charge in [-0.1, -0.05) is 84.9 Å². The van der Waals surface area contributed by atoms with Gasteiger partial charge in [-0.15, -0.1) is 0 Å². The lowest BCUT2D eigenvalue weighted by atomic mass is 10.0. The summed E-state index contributed by atoms with van der Waals surface area (Å²) in [6.07, 6.45) is 0. The normalized spacial score (nSPS) is 11.6. The van der Waals surface area contributed by atoms with Gasteiger partial charge in [0.2, 0.25) is 5.71 Å². The first kappa shape index (κ1) is 25.1. The zero-order chi connectivity index (χ0) is 29.1. The molecule has 0 fully saturated rings. The summed E-state index contributed by atoms with van der Waals surface area (Å²) in [6, 6.07) is 39.1. The third-order valence-electron chi connectivity index (χ3n) is 8.27. The highest BCUT2D eigenvalue weighted by atomic mass is 16.3. The predicted octanol–water partition coefficient (Wildman–Crippen LogP) is 8.06. The number of benzene rings is 4. The molecule has 0 atom stereocenters. The maximum Gasteiger partial charge on any atom is 0.293 e. The van der Waals surface area contributed by atoms with Crippen LogP contribution in [-0.2, 0) is 14.1 Å². The average molecular weight is 559 g/mol. The van der Waals surface area contributed by atoms with E-state index >= 15 is 0 Å². The van der Waals surface area contributed by atoms with Crippen molar-refractivity contribution in [1.82, 2.24) is 19.5 Å². The molecule has 0 saturated carbocycles. The monoisotopic (exact) mass is 558 g/mol. The number of aromatic nitrogens is 5. The number of pyridine rings is 1. The van der Waals surface area contributed by atoms with E-state index in [1.165, 1.54) is 11.0 Å². The van der Waals surface area contributed by atoms with Gasteiger partial charge < -0.3 is 4.42 Å². The molecule has 0 unspecified atom stereocenters. The molecule has 0 N–H and O–H groups in total. The van der Waals surface area contributed by atoms with Gasteiger partial charge in [0.05, 0.1) is 31.2 Å². The summed E-state index contributed by atoms with van der Waals surface area (Å²) in [4.78, 5) is 14.9. The molecule has 43 heavy (non-hydrogen) atoms. The number of nitrogens with zero attached hydrogens (tertiary/aromatic N) is 5. The molecule has 0 bridgehead atoms. The summed E-state index contributed by atoms with van der Waals surface area (Å²) >= 11 is 0. The van der Waals surface area contributed by atoms with Crippen LogP contribution in [0.1, 0.15) is 5.56 Å². The smallest absolute Gasteiger partial charge is 0.293 e. The number of hydrogen-bond donors (Lipinski definition) is 0. The molecule has 0 aliphatic carbocycles. The van der Waals surface area contributed by atoms with Crippen molar-refractivity contribution in [2.75, 3.05) is 0 Å². The molecule has 8 aromatic rings. The third-order valence-corrected chi connectivity index (χ3v) is 8.27. The molecule has 8 rings (SSSR count). The lowest BCUT2D eigenvalue weighted by molar-refractivity contribution is -0.634. The molecule has 0 saturated heterocycles. The zero-order valence-electron chi connectivity index (χ0n) is 24.1. The minimum Gasteiger partial charge on any atom is -0.437 e. The Balaban J connectivity index is 1.33. The number of hydrogen-bond acceptors (Lipinski definition) is 4. The quantitative estimate of drug-likeness (QED) is 0.205. The van der Waals surface area contributed by atoms with Gasteiger partial charge >= 0.3 is 0 Å². The van der Waals surface area contributed by atoms with Gasteiger partial charge in [0, 0.05) is 21.9 Å². The van der Waals surface area contributed by atoms with E-state index in [2.05, 4.69) is 84.8 Å². The first-order valence-electron chi connectivity index (χ1n) is 14.3. The van der Waals surface area contributed by atoms with Crippen LogP contribution >= 0.6 is 0 Å². The number of rotatable bonds is 4. The van der Waals surface area contributed by atoms with Crippen LogP contribution in [0.15, 0.2) is 120 Å². The summed E-state index contributed by atoms with van der Waals surface area (Å²) in [5.41, 5.74) is 10.3. The van der Waals surface area contributed by atoms with Gasteiger partial charge in [0.1, 0.15) is 5.56 Å². The summed E-state index contributed by atoms with van der Waals surface area (Å²) in [6.45, 7) is 2.13. The van der Waals surface area contributed by atoms with Crippen LogP contribution in [0.5, 0.6) is 0 Å². The highest BCUT2D eigenvalue weighted by Gasteiger charge is 2.27. The first-order chi connectivity index (χ1) is 21.1. The Kier molecular flexibility index (Phi) is 5.69. The Morgan fingerprint density at radius 1 is 0.651 bits per heavy atom. The van der Waals surface area contributed by atoms with Crippen LogP contribution < -0.4 is 4.57 Å². The lowest BCUT2D eigenvalue weighted by Gasteiger charge is -2.08. The van der Waals surface area contributed by atoms with Crippen LogP contribution in [0.4, 0.5) is 0 Å². The predicted molar refractivity (Wildman–Crippen MR) is 171 cm³/mol. The van der Waals surface area contributed by atoms with Crippen molar-refractivity contribution >= 4 is 33.1 Å². The van der Waals surface area contributed by atoms with Crippen molar-refractivity contribution in [1.29, 1.82) is 0 Å². The number of aryl methyl sites for hydroxylation is 3. The van der Waals surface area contributed by atoms with Gasteiger partial charge in [-0.05, 0) is 42.8 Å². The van der Waals surface area contributed by atoms with Crippen LogP contribution in [-0.4, -0.2) is 19.5 Å². The highest BCUT2D eigenvalue weighted by molar-refractivity contribution is 6.09. The second kappa shape index (κ2) is 9.74. The maximum atomic E-state index is 6.64. The third kappa shape index (κ3) is 4.02. The summed E-state index contributed by atoms with van der Waals surface area (Å²) in [7, 11) is 4.22. The second-order valence-corrected chi connectivity index (χ2v) is 10.9. The Bertz CT molecular complexity index is 2220. The molecule has 0 aliphatic heterocycles. The molecule has 4 aromatic heterocycles. The van der Waals surface area contributed by atoms with Crippen LogP contribution in [0, 0.1) is 6.92 Å². The summed E-state index contributed by atoms with van der Waals surface area (Å²) < 4.78 is 11.1. The van der Waals surface area contributed by atoms with Gasteiger partial charge in [-0.25, -0.2) is 24.1 Å². The van der Waals surface area contributed by atoms with Crippen LogP contribution in [0.3, 0.4) is 0 Å². The molecule has 0 radical (unpaired) electrons. The lowest BCUT2D eigenvalue weighted by Crippen LogP contribution is -2.30. The molecule has 0 amide bonds. The first-order valence-corrected chi connectivity index (χ1v) is 14.3. The fourth-order valence-corrected chi connectivity index (χ4v) is 6.11. The van der Waals surface area contributed by atoms with Gasteiger partial charge in [-0.2, -0.15) is 0 Å². The molecule has 4 aromatic carbocycles. The van der Waals surface area contributed by atoms with E-state index in [9.17, 15) is 0 Å². The number of fused-ring (bicyclic) bond motifs is 4. The number of para-hydroxylation sites is 2. The van der Waals surface area contributed by atoms with E-state index in [4.69, 9.17) is 19.4 Å². The average Bonchev–Trinajstić information content (AvgIpc) is 3.55. The largest absolute Gasteiger partial charge is 0.437 e. The van der Waals surface area contributed by atoms with E-state index in [0.717, 1.165) is 61.5 Å². The molecule has 6 nitrogen and oxygen atoms in total. The van der Waals surface area contributed by atoms with Crippen LogP contribution in [0.2, 0.25) is 0 Å². The number of imidazole rings is 1. The SMILES string of the molecule is Cc1ccc2c(oc3nc(-c4cc(-c5ccccc5)nc(-c5ccccc5)n4)ccc32)c1-c1n(C)c2ccccc2[n+]1C. The molecule has 0 aliphatic rings. The molecule has 6 heteroatoms. The maximum absolute atomic E-state index is 6.64. The topological polar surface area (TPSA) is 60.6 Å². The van der Waals surface area contributed by atoms with Crippen molar-refractivity contribution in [3.05, 3.63) is 121 Å². The van der Waals surface area contributed by atoms with E-state index in [0.29, 0.717) is 11.5 Å². The standard InChI is InChI=1S/C37H28N5O/c1-23-18-19-26-27-20-21-28(30-22-29(24-12-6-4-7-13-24)38-35(39-30)25-14-8-5-9-15-25)40-36(27)43-34(26)33(23)37-41(2)31-16-10-11-17-32(31)42(37)3/h4-22H,1-3H3/q+1. The van der Waals surface area contributed by atoms with E-state index in [1.807, 2.05) is 60.7 Å². The van der Waals surface area contributed by atoms with Crippen molar-refractivity contribution in [3.8, 4) is 45.4 Å². The van der Waals surface area contributed by atoms with E-state index < -0.39 is 0 Å². The Morgan fingerprint density at radius 2 is 1.33 bits per heavy atom. The fourth-order valence-electron chi connectivity index (χ4n) is 6.11. The molecule has 206 valence electrons. The second-order valence-electron chi connectivity index (χ2n) is 10.9. The zero-order valence-corrected chi connectivity index (χ0v) is 24.1. The Morgan fingerprint density at radius 3 is 2.09 bits per heavy atom. The van der Waals surface area contributed by atoms with Crippen LogP contribution in [0.25, 0.3) is 78.5 Å². The van der Waals surface area contributed by atoms with Gasteiger partial charge in [-0.3, -0.25) is 0 Å². The van der Waals surface area contributed by atoms with Crippen molar-refractivity contribution < 1.29 is 8.98 Å². The molecule has 4 heterocycles. The molecule has 0 spiro atoms. The van der Waals surface area contributed by atoms with Gasteiger partial charge in [0.15, 0.2) is 22.4 Å². The van der Waals surface area contributed by atoms with E-state index in [-0.39, 0.29) is 0 Å². The number of furan rings is 1. The highest BCUT2D eigenvalue weighted by Crippen LogP contribution is 2.38. The Hall–Kier alpha value is -5.62. The molecular formula is C37H28N5O+. The summed E-state index contributed by atoms with van der Waals surface area (Å²) in [5, 5.41) is 2.01. The Labute approximate surface area is 248 Å². The van der Waals surface area contributed by atoms with Gasteiger partial charge in [0.25, 0.3) is 5.82 Å². The fraction of sp³-hybridized carbons (Fsp3) is 0.0811. The van der Waals surface area contributed by atoms with E-state index in [1.54, 1.807) is 0 Å². The van der Waals surface area contributed by atoms with Crippen molar-refractivity contribution in [2.24, 2.45) is 14.1 Å². The molecular weight excluding hydrogens is 530 g/mol. The van der Waals surface area contributed by atoms with Crippen molar-refractivity contribution in [3.63, 3.8) is 0 Å². The minimum atomic E-state index is 0.585. The summed E-state index contributed by atoms with van der Waals surface area (Å²) in [5.74, 6) is 1.74. The van der Waals surface area contributed by atoms with Crippen molar-refractivity contribution in [2.45, 2.75) is 6.92 Å².